The number of alkyl halides is 2. The molecule has 18 heavy (non-hydrogen) atoms. The highest BCUT2D eigenvalue weighted by Crippen LogP contribution is 2.38. The van der Waals surface area contributed by atoms with E-state index in [0.29, 0.717) is 5.56 Å². The molecule has 2 aromatic carbocycles. The monoisotopic (exact) mass is 290 g/mol. The first-order valence-electron chi connectivity index (χ1n) is 5.02. The Hall–Kier alpha value is -1.19. The second kappa shape index (κ2) is 5.21. The normalized spacial score (nSPS) is 11.0. The molecule has 0 bridgehead atoms. The molecule has 0 aromatic heterocycles. The molecule has 5 heteroatoms. The molecule has 0 amide bonds. The molecule has 94 valence electrons. The first-order chi connectivity index (χ1) is 8.50. The van der Waals surface area contributed by atoms with Crippen molar-refractivity contribution in [3.8, 4) is 11.1 Å². The predicted molar refractivity (Wildman–Crippen MR) is 66.8 cm³/mol. The molecule has 0 unspecified atom stereocenters. The molecule has 0 aliphatic rings. The van der Waals surface area contributed by atoms with E-state index in [2.05, 4.69) is 0 Å². The van der Waals surface area contributed by atoms with Gasteiger partial charge in [-0.05, 0) is 29.8 Å². The van der Waals surface area contributed by atoms with E-state index in [1.165, 1.54) is 12.1 Å². The summed E-state index contributed by atoms with van der Waals surface area (Å²) in [7, 11) is 0. The largest absolute Gasteiger partial charge is 0.264 e. The Morgan fingerprint density at radius 1 is 0.944 bits per heavy atom. The lowest BCUT2D eigenvalue weighted by molar-refractivity contribution is 0.152. The Morgan fingerprint density at radius 3 is 2.33 bits per heavy atom. The molecule has 0 saturated heterocycles. The van der Waals surface area contributed by atoms with Crippen molar-refractivity contribution < 1.29 is 13.2 Å². The molecule has 0 radical (unpaired) electrons. The SMILES string of the molecule is Fc1ccc(C(F)F)c(-c2cccc(Cl)c2Cl)c1. The topological polar surface area (TPSA) is 0 Å². The van der Waals surface area contributed by atoms with Crippen LogP contribution in [0.3, 0.4) is 0 Å². The average molecular weight is 291 g/mol. The molecule has 2 rings (SSSR count). The van der Waals surface area contributed by atoms with E-state index >= 15 is 0 Å². The molecular formula is C13H7Cl2F3. The minimum atomic E-state index is -2.71. The van der Waals surface area contributed by atoms with Crippen molar-refractivity contribution in [3.63, 3.8) is 0 Å². The second-order valence-electron chi connectivity index (χ2n) is 3.63. The fourth-order valence-electron chi connectivity index (χ4n) is 1.66. The van der Waals surface area contributed by atoms with Crippen LogP contribution in [-0.2, 0) is 0 Å². The summed E-state index contributed by atoms with van der Waals surface area (Å²) in [5, 5.41) is 0.366. The smallest absolute Gasteiger partial charge is 0.207 e. The molecule has 0 fully saturated rings. The summed E-state index contributed by atoms with van der Waals surface area (Å²) < 4.78 is 39.0. The summed E-state index contributed by atoms with van der Waals surface area (Å²) in [6.07, 6.45) is -2.71. The molecule has 0 aliphatic carbocycles. The van der Waals surface area contributed by atoms with Crippen molar-refractivity contribution in [3.05, 3.63) is 57.8 Å². The van der Waals surface area contributed by atoms with Crippen LogP contribution < -0.4 is 0 Å². The summed E-state index contributed by atoms with van der Waals surface area (Å²) in [5.74, 6) is -0.606. The van der Waals surface area contributed by atoms with E-state index < -0.39 is 12.2 Å². The Labute approximate surface area is 112 Å². The molecule has 0 nitrogen and oxygen atoms in total. The third kappa shape index (κ3) is 2.47. The lowest BCUT2D eigenvalue weighted by Crippen LogP contribution is -1.92. The highest BCUT2D eigenvalue weighted by atomic mass is 35.5. The fraction of sp³-hybridized carbons (Fsp3) is 0.0769. The van der Waals surface area contributed by atoms with Gasteiger partial charge in [-0.3, -0.25) is 0 Å². The Balaban J connectivity index is 2.69. The molecule has 0 heterocycles. The van der Waals surface area contributed by atoms with Crippen LogP contribution in [0.4, 0.5) is 13.2 Å². The number of benzene rings is 2. The van der Waals surface area contributed by atoms with Crippen LogP contribution in [0.2, 0.25) is 10.0 Å². The van der Waals surface area contributed by atoms with Gasteiger partial charge < -0.3 is 0 Å². The van der Waals surface area contributed by atoms with Crippen molar-refractivity contribution in [2.75, 3.05) is 0 Å². The lowest BCUT2D eigenvalue weighted by Gasteiger charge is -2.11. The van der Waals surface area contributed by atoms with Crippen LogP contribution in [0.15, 0.2) is 36.4 Å². The van der Waals surface area contributed by atoms with Crippen molar-refractivity contribution in [1.29, 1.82) is 0 Å². The Kier molecular flexibility index (Phi) is 3.83. The van der Waals surface area contributed by atoms with Gasteiger partial charge in [0.2, 0.25) is 0 Å². The zero-order chi connectivity index (χ0) is 13.3. The highest BCUT2D eigenvalue weighted by Gasteiger charge is 2.17. The predicted octanol–water partition coefficient (Wildman–Crippen LogP) is 5.74. The highest BCUT2D eigenvalue weighted by molar-refractivity contribution is 6.43. The van der Waals surface area contributed by atoms with Crippen LogP contribution >= 0.6 is 23.2 Å². The summed E-state index contributed by atoms with van der Waals surface area (Å²) in [5.41, 5.74) is 0.0667. The molecule has 0 saturated carbocycles. The zero-order valence-corrected chi connectivity index (χ0v) is 10.4. The third-order valence-electron chi connectivity index (χ3n) is 2.49. The number of hydrogen-bond donors (Lipinski definition) is 0. The van der Waals surface area contributed by atoms with Gasteiger partial charge in [-0.1, -0.05) is 35.3 Å². The van der Waals surface area contributed by atoms with E-state index in [4.69, 9.17) is 23.2 Å². The van der Waals surface area contributed by atoms with Crippen molar-refractivity contribution in [1.82, 2.24) is 0 Å². The second-order valence-corrected chi connectivity index (χ2v) is 4.42. The molecule has 0 aliphatic heterocycles. The molecular weight excluding hydrogens is 284 g/mol. The van der Waals surface area contributed by atoms with E-state index in [1.807, 2.05) is 0 Å². The van der Waals surface area contributed by atoms with Gasteiger partial charge in [0.25, 0.3) is 6.43 Å². The van der Waals surface area contributed by atoms with Gasteiger partial charge in [0.15, 0.2) is 0 Å². The molecule has 0 atom stereocenters. The van der Waals surface area contributed by atoms with Gasteiger partial charge >= 0.3 is 0 Å². The number of hydrogen-bond acceptors (Lipinski definition) is 0. The van der Waals surface area contributed by atoms with Crippen LogP contribution in [0.1, 0.15) is 12.0 Å². The quantitative estimate of drug-likeness (QED) is 0.662. The van der Waals surface area contributed by atoms with E-state index in [9.17, 15) is 13.2 Å². The number of rotatable bonds is 2. The van der Waals surface area contributed by atoms with E-state index in [0.717, 1.165) is 18.2 Å². The van der Waals surface area contributed by atoms with Gasteiger partial charge in [-0.15, -0.1) is 0 Å². The van der Waals surface area contributed by atoms with Crippen molar-refractivity contribution in [2.24, 2.45) is 0 Å². The van der Waals surface area contributed by atoms with Crippen LogP contribution in [0.25, 0.3) is 11.1 Å². The van der Waals surface area contributed by atoms with Crippen molar-refractivity contribution in [2.45, 2.75) is 6.43 Å². The zero-order valence-electron chi connectivity index (χ0n) is 8.93. The van der Waals surface area contributed by atoms with Gasteiger partial charge in [0, 0.05) is 11.1 Å². The van der Waals surface area contributed by atoms with Crippen molar-refractivity contribution >= 4 is 23.2 Å². The van der Waals surface area contributed by atoms with Gasteiger partial charge in [-0.2, -0.15) is 0 Å². The molecule has 0 N–H and O–H groups in total. The molecule has 0 spiro atoms. The Morgan fingerprint density at radius 2 is 1.67 bits per heavy atom. The maximum absolute atomic E-state index is 13.2. The lowest BCUT2D eigenvalue weighted by atomic mass is 9.99. The average Bonchev–Trinajstić information content (AvgIpc) is 2.32. The Bertz CT molecular complexity index is 582. The summed E-state index contributed by atoms with van der Waals surface area (Å²) >= 11 is 11.8. The van der Waals surface area contributed by atoms with Crippen LogP contribution in [-0.4, -0.2) is 0 Å². The minimum Gasteiger partial charge on any atom is -0.207 e. The third-order valence-corrected chi connectivity index (χ3v) is 3.31. The van der Waals surface area contributed by atoms with Crippen LogP contribution in [0, 0.1) is 5.82 Å². The minimum absolute atomic E-state index is 0.0532. The van der Waals surface area contributed by atoms with Gasteiger partial charge in [0.05, 0.1) is 10.0 Å². The standard InChI is InChI=1S/C13H7Cl2F3/c14-11-3-1-2-8(12(11)15)10-6-7(16)4-5-9(10)13(17)18/h1-6,13H. The van der Waals surface area contributed by atoms with E-state index in [1.54, 1.807) is 6.07 Å². The number of halogens is 5. The van der Waals surface area contributed by atoms with E-state index in [-0.39, 0.29) is 21.2 Å². The summed E-state index contributed by atoms with van der Waals surface area (Å²) in [6, 6.07) is 7.70. The molecule has 2 aromatic rings. The first-order valence-corrected chi connectivity index (χ1v) is 5.78. The summed E-state index contributed by atoms with van der Waals surface area (Å²) in [4.78, 5) is 0. The first kappa shape index (κ1) is 13.2. The van der Waals surface area contributed by atoms with Gasteiger partial charge in [0.1, 0.15) is 5.82 Å². The summed E-state index contributed by atoms with van der Waals surface area (Å²) in [6.45, 7) is 0. The maximum atomic E-state index is 13.2. The fourth-order valence-corrected chi connectivity index (χ4v) is 2.07. The van der Waals surface area contributed by atoms with Crippen LogP contribution in [0.5, 0.6) is 0 Å². The van der Waals surface area contributed by atoms with Gasteiger partial charge in [-0.25, -0.2) is 13.2 Å². The maximum Gasteiger partial charge on any atom is 0.264 e.